The second-order valence-corrected chi connectivity index (χ2v) is 6.38. The van der Waals surface area contributed by atoms with Crippen molar-refractivity contribution >= 4 is 12.0 Å². The van der Waals surface area contributed by atoms with Crippen LogP contribution in [0.2, 0.25) is 0 Å². The van der Waals surface area contributed by atoms with E-state index in [9.17, 15) is 14.7 Å². The summed E-state index contributed by atoms with van der Waals surface area (Å²) in [6.07, 6.45) is 5.87. The molecule has 1 aliphatic carbocycles. The third-order valence-electron chi connectivity index (χ3n) is 4.72. The van der Waals surface area contributed by atoms with Crippen LogP contribution in [-0.2, 0) is 4.79 Å². The highest BCUT2D eigenvalue weighted by Crippen LogP contribution is 2.27. The summed E-state index contributed by atoms with van der Waals surface area (Å²) in [7, 11) is 2.05. The van der Waals surface area contributed by atoms with Crippen LogP contribution in [0.25, 0.3) is 0 Å². The highest BCUT2D eigenvalue weighted by atomic mass is 16.4. The molecule has 2 fully saturated rings. The van der Waals surface area contributed by atoms with E-state index in [1.165, 1.54) is 0 Å². The lowest BCUT2D eigenvalue weighted by atomic mass is 9.90. The molecule has 1 saturated heterocycles. The summed E-state index contributed by atoms with van der Waals surface area (Å²) in [5, 5.41) is 12.5. The van der Waals surface area contributed by atoms with Crippen LogP contribution in [0, 0.1) is 0 Å². The largest absolute Gasteiger partial charge is 0.480 e. The fourth-order valence-electron chi connectivity index (χ4n) is 3.26. The molecule has 2 N–H and O–H groups in total. The summed E-state index contributed by atoms with van der Waals surface area (Å²) >= 11 is 0. The van der Waals surface area contributed by atoms with Gasteiger partial charge in [0.25, 0.3) is 0 Å². The molecule has 2 aliphatic rings. The normalized spacial score (nSPS) is 24.0. The zero-order valence-corrected chi connectivity index (χ0v) is 12.9. The molecule has 0 aromatic heterocycles. The van der Waals surface area contributed by atoms with Gasteiger partial charge in [0.1, 0.15) is 5.54 Å². The quantitative estimate of drug-likeness (QED) is 0.758. The smallest absolute Gasteiger partial charge is 0.329 e. The third kappa shape index (κ3) is 4.09. The number of rotatable bonds is 2. The number of hydrogen-bond donors (Lipinski definition) is 2. The Bertz CT molecular complexity index is 378. The number of nitrogens with one attached hydrogen (secondary N) is 1. The van der Waals surface area contributed by atoms with Crippen molar-refractivity contribution in [3.8, 4) is 0 Å². The Morgan fingerprint density at radius 1 is 0.952 bits per heavy atom. The van der Waals surface area contributed by atoms with E-state index in [0.717, 1.165) is 45.2 Å². The summed E-state index contributed by atoms with van der Waals surface area (Å²) < 4.78 is 0. The van der Waals surface area contributed by atoms with Crippen molar-refractivity contribution in [3.63, 3.8) is 0 Å². The number of likely N-dealkylation sites (N-methyl/N-ethyl adjacent to an activating group) is 1. The molecule has 1 heterocycles. The van der Waals surface area contributed by atoms with Crippen molar-refractivity contribution in [2.24, 2.45) is 0 Å². The van der Waals surface area contributed by atoms with Gasteiger partial charge in [-0.1, -0.05) is 25.7 Å². The van der Waals surface area contributed by atoms with Gasteiger partial charge < -0.3 is 20.2 Å². The number of urea groups is 1. The lowest BCUT2D eigenvalue weighted by Crippen LogP contribution is -2.58. The first kappa shape index (κ1) is 16.1. The Morgan fingerprint density at radius 3 is 2.24 bits per heavy atom. The average molecular weight is 297 g/mol. The second kappa shape index (κ2) is 7.11. The van der Waals surface area contributed by atoms with Gasteiger partial charge in [0.05, 0.1) is 0 Å². The molecular weight excluding hydrogens is 270 g/mol. The summed E-state index contributed by atoms with van der Waals surface area (Å²) in [4.78, 5) is 28.2. The number of amides is 2. The van der Waals surface area contributed by atoms with Gasteiger partial charge in [0.2, 0.25) is 0 Å². The van der Waals surface area contributed by atoms with E-state index in [1.54, 1.807) is 4.90 Å². The van der Waals surface area contributed by atoms with Crippen molar-refractivity contribution < 1.29 is 14.7 Å². The van der Waals surface area contributed by atoms with E-state index in [2.05, 4.69) is 10.2 Å². The fraction of sp³-hybridized carbons (Fsp3) is 0.867. The molecular formula is C15H27N3O3. The average Bonchev–Trinajstić information content (AvgIpc) is 2.80. The number of carboxylic acids is 1. The minimum Gasteiger partial charge on any atom is -0.480 e. The standard InChI is InChI=1S/C15H27N3O3/c1-17-9-6-10-18(12-11-17)14(21)16-15(13(19)20)7-4-2-3-5-8-15/h2-12H2,1H3,(H,16,21)(H,19,20). The van der Waals surface area contributed by atoms with Gasteiger partial charge in [-0.15, -0.1) is 0 Å². The van der Waals surface area contributed by atoms with Crippen LogP contribution in [0.15, 0.2) is 0 Å². The van der Waals surface area contributed by atoms with Crippen LogP contribution in [0.4, 0.5) is 4.79 Å². The number of hydrogen-bond acceptors (Lipinski definition) is 3. The Kier molecular flexibility index (Phi) is 5.45. The van der Waals surface area contributed by atoms with Crippen LogP contribution in [0.3, 0.4) is 0 Å². The fourth-order valence-corrected chi connectivity index (χ4v) is 3.26. The molecule has 0 radical (unpaired) electrons. The van der Waals surface area contributed by atoms with Crippen molar-refractivity contribution in [2.45, 2.75) is 50.5 Å². The molecule has 0 atom stereocenters. The zero-order chi connectivity index (χ0) is 15.3. The van der Waals surface area contributed by atoms with Crippen LogP contribution >= 0.6 is 0 Å². The van der Waals surface area contributed by atoms with E-state index in [-0.39, 0.29) is 6.03 Å². The first-order valence-corrected chi connectivity index (χ1v) is 8.02. The molecule has 6 heteroatoms. The van der Waals surface area contributed by atoms with Gasteiger partial charge in [-0.2, -0.15) is 0 Å². The maximum atomic E-state index is 12.5. The van der Waals surface area contributed by atoms with E-state index < -0.39 is 11.5 Å². The summed E-state index contributed by atoms with van der Waals surface area (Å²) in [6, 6.07) is -0.213. The highest BCUT2D eigenvalue weighted by Gasteiger charge is 2.41. The van der Waals surface area contributed by atoms with E-state index >= 15 is 0 Å². The van der Waals surface area contributed by atoms with Crippen LogP contribution in [-0.4, -0.2) is 65.7 Å². The lowest BCUT2D eigenvalue weighted by molar-refractivity contribution is -0.145. The van der Waals surface area contributed by atoms with E-state index in [4.69, 9.17) is 0 Å². The van der Waals surface area contributed by atoms with Crippen LogP contribution in [0.1, 0.15) is 44.9 Å². The lowest BCUT2D eigenvalue weighted by Gasteiger charge is -2.32. The SMILES string of the molecule is CN1CCCN(C(=O)NC2(C(=O)O)CCCCCC2)CC1. The number of nitrogens with zero attached hydrogens (tertiary/aromatic N) is 2. The number of carboxylic acid groups (broad SMARTS) is 1. The molecule has 0 aromatic rings. The Balaban J connectivity index is 2.02. The van der Waals surface area contributed by atoms with Crippen molar-refractivity contribution in [1.29, 1.82) is 0 Å². The molecule has 0 spiro atoms. The van der Waals surface area contributed by atoms with Crippen molar-refractivity contribution in [3.05, 3.63) is 0 Å². The molecule has 1 saturated carbocycles. The predicted octanol–water partition coefficient (Wildman–Crippen LogP) is 1.51. The van der Waals surface area contributed by atoms with E-state index in [0.29, 0.717) is 25.9 Å². The Labute approximate surface area is 126 Å². The Morgan fingerprint density at radius 2 is 1.62 bits per heavy atom. The minimum absolute atomic E-state index is 0.213. The number of aliphatic carboxylic acids is 1. The summed E-state index contributed by atoms with van der Waals surface area (Å²) in [5.74, 6) is -0.885. The molecule has 120 valence electrons. The topological polar surface area (TPSA) is 72.9 Å². The predicted molar refractivity (Wildman–Crippen MR) is 80.3 cm³/mol. The van der Waals surface area contributed by atoms with Crippen LogP contribution in [0.5, 0.6) is 0 Å². The first-order chi connectivity index (χ1) is 10.0. The first-order valence-electron chi connectivity index (χ1n) is 8.02. The molecule has 1 aliphatic heterocycles. The molecule has 21 heavy (non-hydrogen) atoms. The van der Waals surface area contributed by atoms with Crippen molar-refractivity contribution in [1.82, 2.24) is 15.1 Å². The highest BCUT2D eigenvalue weighted by molar-refractivity contribution is 5.86. The van der Waals surface area contributed by atoms with Gasteiger partial charge in [-0.3, -0.25) is 0 Å². The second-order valence-electron chi connectivity index (χ2n) is 6.38. The molecule has 2 amide bonds. The Hall–Kier alpha value is -1.30. The number of carbonyl (C=O) groups excluding carboxylic acids is 1. The van der Waals surface area contributed by atoms with Gasteiger partial charge in [0.15, 0.2) is 0 Å². The number of carbonyl (C=O) groups is 2. The van der Waals surface area contributed by atoms with Gasteiger partial charge in [-0.05, 0) is 32.9 Å². The van der Waals surface area contributed by atoms with Crippen LogP contribution < -0.4 is 5.32 Å². The summed E-state index contributed by atoms with van der Waals surface area (Å²) in [5.41, 5.74) is -1.06. The summed E-state index contributed by atoms with van der Waals surface area (Å²) in [6.45, 7) is 3.19. The monoisotopic (exact) mass is 297 g/mol. The zero-order valence-electron chi connectivity index (χ0n) is 12.9. The molecule has 2 rings (SSSR count). The molecule has 0 bridgehead atoms. The van der Waals surface area contributed by atoms with Gasteiger partial charge >= 0.3 is 12.0 Å². The van der Waals surface area contributed by atoms with E-state index in [1.807, 2.05) is 7.05 Å². The third-order valence-corrected chi connectivity index (χ3v) is 4.72. The maximum absolute atomic E-state index is 12.5. The molecule has 0 aromatic carbocycles. The minimum atomic E-state index is -1.06. The van der Waals surface area contributed by atoms with Gasteiger partial charge in [0, 0.05) is 19.6 Å². The molecule has 0 unspecified atom stereocenters. The maximum Gasteiger partial charge on any atom is 0.329 e. The molecule has 6 nitrogen and oxygen atoms in total. The van der Waals surface area contributed by atoms with Crippen molar-refractivity contribution in [2.75, 3.05) is 33.2 Å². The van der Waals surface area contributed by atoms with Gasteiger partial charge in [-0.25, -0.2) is 9.59 Å².